The van der Waals surface area contributed by atoms with Gasteiger partial charge in [0, 0.05) is 30.6 Å². The van der Waals surface area contributed by atoms with E-state index >= 15 is 0 Å². The Morgan fingerprint density at radius 3 is 2.56 bits per heavy atom. The molecular formula is C20H22N4O. The maximum atomic E-state index is 12.0. The Bertz CT molecular complexity index is 749. The van der Waals surface area contributed by atoms with Crippen molar-refractivity contribution in [1.82, 2.24) is 15.3 Å². The van der Waals surface area contributed by atoms with Crippen LogP contribution in [-0.2, 0) is 11.2 Å². The van der Waals surface area contributed by atoms with E-state index in [-0.39, 0.29) is 5.91 Å². The second kappa shape index (κ2) is 9.93. The Balaban J connectivity index is 1.82. The summed E-state index contributed by atoms with van der Waals surface area (Å²) in [7, 11) is 0. The molecule has 0 unspecified atom stereocenters. The molecule has 0 aliphatic carbocycles. The number of aryl methyl sites for hydroxylation is 1. The van der Waals surface area contributed by atoms with E-state index in [1.54, 1.807) is 18.5 Å². The molecular weight excluding hydrogens is 312 g/mol. The van der Waals surface area contributed by atoms with Crippen LogP contribution in [0.5, 0.6) is 0 Å². The molecule has 1 N–H and O–H groups in total. The van der Waals surface area contributed by atoms with E-state index < -0.39 is 0 Å². The van der Waals surface area contributed by atoms with Gasteiger partial charge < -0.3 is 5.32 Å². The summed E-state index contributed by atoms with van der Waals surface area (Å²) in [5, 5.41) is 2.82. The maximum Gasteiger partial charge on any atom is 0.224 e. The summed E-state index contributed by atoms with van der Waals surface area (Å²) >= 11 is 0. The summed E-state index contributed by atoms with van der Waals surface area (Å²) in [6.45, 7) is 5.28. The number of amides is 1. The van der Waals surface area contributed by atoms with Crippen molar-refractivity contribution in [2.75, 3.05) is 0 Å². The lowest BCUT2D eigenvalue weighted by atomic mass is 10.0. The van der Waals surface area contributed by atoms with E-state index in [2.05, 4.69) is 51.3 Å². The van der Waals surface area contributed by atoms with E-state index in [9.17, 15) is 4.79 Å². The number of carbonyl (C=O) groups excluding carboxylic acids is 1. The molecule has 0 bridgehead atoms. The van der Waals surface area contributed by atoms with E-state index in [1.807, 2.05) is 13.0 Å². The molecule has 0 saturated carbocycles. The third kappa shape index (κ3) is 6.14. The largest absolute Gasteiger partial charge is 0.325 e. The van der Waals surface area contributed by atoms with Gasteiger partial charge in [0.1, 0.15) is 6.33 Å². The molecule has 1 amide bonds. The summed E-state index contributed by atoms with van der Waals surface area (Å²) in [4.78, 5) is 23.7. The van der Waals surface area contributed by atoms with Crippen molar-refractivity contribution in [2.45, 2.75) is 26.2 Å². The van der Waals surface area contributed by atoms with Gasteiger partial charge in [-0.15, -0.1) is 0 Å². The minimum absolute atomic E-state index is 0.0222. The van der Waals surface area contributed by atoms with Gasteiger partial charge in [-0.1, -0.05) is 30.3 Å². The maximum absolute atomic E-state index is 12.0. The molecule has 0 spiro atoms. The highest BCUT2D eigenvalue weighted by molar-refractivity contribution is 5.78. The molecule has 1 aromatic heterocycles. The summed E-state index contributed by atoms with van der Waals surface area (Å²) in [5.74, 6) is -0.0222. The van der Waals surface area contributed by atoms with Gasteiger partial charge in [-0.2, -0.15) is 0 Å². The van der Waals surface area contributed by atoms with Crippen LogP contribution in [0.15, 0.2) is 72.0 Å². The lowest BCUT2D eigenvalue weighted by Crippen LogP contribution is -2.21. The zero-order valence-corrected chi connectivity index (χ0v) is 14.4. The van der Waals surface area contributed by atoms with Crippen molar-refractivity contribution in [3.05, 3.63) is 72.6 Å². The SMILES string of the molecule is C=N/C=C(\C=C/C)NC(=O)CCCc1ccc(-c2cncnc2)cc1. The van der Waals surface area contributed by atoms with Crippen LogP contribution in [0.1, 0.15) is 25.3 Å². The van der Waals surface area contributed by atoms with Crippen molar-refractivity contribution in [3.8, 4) is 11.1 Å². The van der Waals surface area contributed by atoms with Crippen LogP contribution in [0.4, 0.5) is 0 Å². The molecule has 25 heavy (non-hydrogen) atoms. The van der Waals surface area contributed by atoms with Crippen molar-refractivity contribution < 1.29 is 4.79 Å². The Morgan fingerprint density at radius 1 is 1.20 bits per heavy atom. The molecule has 0 fully saturated rings. The highest BCUT2D eigenvalue weighted by atomic mass is 16.1. The second-order valence-corrected chi connectivity index (χ2v) is 5.49. The number of aliphatic imine (C=N–C) groups is 1. The van der Waals surface area contributed by atoms with Crippen LogP contribution in [0.25, 0.3) is 11.1 Å². The smallest absolute Gasteiger partial charge is 0.224 e. The van der Waals surface area contributed by atoms with E-state index in [4.69, 9.17) is 0 Å². The summed E-state index contributed by atoms with van der Waals surface area (Å²) in [6.07, 6.45) is 12.4. The molecule has 1 heterocycles. The van der Waals surface area contributed by atoms with Crippen LogP contribution >= 0.6 is 0 Å². The van der Waals surface area contributed by atoms with Gasteiger partial charge in [-0.25, -0.2) is 9.97 Å². The lowest BCUT2D eigenvalue weighted by Gasteiger charge is -2.06. The fourth-order valence-electron chi connectivity index (χ4n) is 2.38. The highest BCUT2D eigenvalue weighted by Crippen LogP contribution is 2.18. The van der Waals surface area contributed by atoms with Crippen molar-refractivity contribution in [1.29, 1.82) is 0 Å². The number of rotatable bonds is 8. The minimum atomic E-state index is -0.0222. The fourth-order valence-corrected chi connectivity index (χ4v) is 2.38. The zero-order chi connectivity index (χ0) is 17.9. The van der Waals surface area contributed by atoms with Crippen LogP contribution in [-0.4, -0.2) is 22.6 Å². The summed E-state index contributed by atoms with van der Waals surface area (Å²) in [6, 6.07) is 8.26. The van der Waals surface area contributed by atoms with Crippen LogP contribution < -0.4 is 5.32 Å². The second-order valence-electron chi connectivity index (χ2n) is 5.49. The fraction of sp³-hybridized carbons (Fsp3) is 0.200. The lowest BCUT2D eigenvalue weighted by molar-refractivity contribution is -0.120. The number of allylic oxidation sites excluding steroid dienone is 2. The third-order valence-corrected chi connectivity index (χ3v) is 3.58. The molecule has 5 heteroatoms. The molecule has 1 aromatic carbocycles. The summed E-state index contributed by atoms with van der Waals surface area (Å²) in [5.41, 5.74) is 3.93. The first kappa shape index (κ1) is 18.3. The normalized spacial score (nSPS) is 11.5. The average Bonchev–Trinajstić information content (AvgIpc) is 2.63. The molecule has 5 nitrogen and oxygen atoms in total. The third-order valence-electron chi connectivity index (χ3n) is 3.58. The van der Waals surface area contributed by atoms with Gasteiger partial charge in [-0.3, -0.25) is 9.79 Å². The number of aromatic nitrogens is 2. The monoisotopic (exact) mass is 334 g/mol. The quantitative estimate of drug-likeness (QED) is 0.591. The van der Waals surface area contributed by atoms with Gasteiger partial charge in [0.25, 0.3) is 0 Å². The number of hydrogen-bond acceptors (Lipinski definition) is 4. The van der Waals surface area contributed by atoms with E-state index in [0.29, 0.717) is 12.1 Å². The molecule has 0 aliphatic heterocycles. The Hall–Kier alpha value is -3.08. The van der Waals surface area contributed by atoms with Crippen molar-refractivity contribution in [2.24, 2.45) is 4.99 Å². The van der Waals surface area contributed by atoms with Gasteiger partial charge in [0.15, 0.2) is 0 Å². The van der Waals surface area contributed by atoms with Crippen molar-refractivity contribution >= 4 is 12.6 Å². The predicted octanol–water partition coefficient (Wildman–Crippen LogP) is 3.70. The first-order chi connectivity index (χ1) is 12.2. The number of benzene rings is 1. The molecule has 128 valence electrons. The first-order valence-electron chi connectivity index (χ1n) is 8.16. The molecule has 0 aliphatic rings. The van der Waals surface area contributed by atoms with E-state index in [0.717, 1.165) is 24.0 Å². The van der Waals surface area contributed by atoms with E-state index in [1.165, 1.54) is 18.1 Å². The topological polar surface area (TPSA) is 67.2 Å². The minimum Gasteiger partial charge on any atom is -0.325 e. The Morgan fingerprint density at radius 2 is 1.92 bits per heavy atom. The number of nitrogens with one attached hydrogen (secondary N) is 1. The molecule has 0 atom stereocenters. The van der Waals surface area contributed by atoms with Crippen molar-refractivity contribution in [3.63, 3.8) is 0 Å². The Kier molecular flexibility index (Phi) is 7.25. The van der Waals surface area contributed by atoms with Gasteiger partial charge in [0.2, 0.25) is 5.91 Å². The predicted molar refractivity (Wildman–Crippen MR) is 101 cm³/mol. The average molecular weight is 334 g/mol. The zero-order valence-electron chi connectivity index (χ0n) is 14.4. The highest BCUT2D eigenvalue weighted by Gasteiger charge is 2.04. The van der Waals surface area contributed by atoms with Gasteiger partial charge >= 0.3 is 0 Å². The standard InChI is InChI=1S/C20H22N4O/c1-3-5-19(14-21-2)24-20(25)7-4-6-16-8-10-17(11-9-16)18-12-22-15-23-13-18/h3,5,8-15H,2,4,6-7H2,1H3,(H,24,25)/b5-3-,19-14+. The molecule has 2 aromatic rings. The summed E-state index contributed by atoms with van der Waals surface area (Å²) < 4.78 is 0. The molecule has 2 rings (SSSR count). The van der Waals surface area contributed by atoms with Crippen LogP contribution in [0.3, 0.4) is 0 Å². The van der Waals surface area contributed by atoms with Gasteiger partial charge in [0.05, 0.1) is 5.70 Å². The van der Waals surface area contributed by atoms with Crippen LogP contribution in [0.2, 0.25) is 0 Å². The number of hydrogen-bond donors (Lipinski definition) is 1. The first-order valence-corrected chi connectivity index (χ1v) is 8.16. The molecule has 0 radical (unpaired) electrons. The molecule has 0 saturated heterocycles. The van der Waals surface area contributed by atoms with Crippen LogP contribution in [0, 0.1) is 0 Å². The van der Waals surface area contributed by atoms with Gasteiger partial charge in [-0.05, 0) is 43.7 Å². The number of nitrogens with zero attached hydrogens (tertiary/aromatic N) is 3. The Labute approximate surface area is 148 Å². The number of carbonyl (C=O) groups is 1.